The van der Waals surface area contributed by atoms with Gasteiger partial charge in [-0.3, -0.25) is 0 Å². The van der Waals surface area contributed by atoms with Gasteiger partial charge in [-0.15, -0.1) is 12.4 Å². The predicted octanol–water partition coefficient (Wildman–Crippen LogP) is 8.65. The van der Waals surface area contributed by atoms with E-state index in [2.05, 4.69) is 25.9 Å². The van der Waals surface area contributed by atoms with Crippen LogP contribution in [0.4, 0.5) is 0 Å². The molecular weight excluding hydrogens is 450 g/mol. The fourth-order valence-corrected chi connectivity index (χ4v) is 6.49. The average Bonchev–Trinajstić information content (AvgIpc) is 2.80. The third-order valence-corrected chi connectivity index (χ3v) is 9.91. The predicted molar refractivity (Wildman–Crippen MR) is 150 cm³/mol. The van der Waals surface area contributed by atoms with E-state index in [4.69, 9.17) is 13.3 Å². The van der Waals surface area contributed by atoms with E-state index >= 15 is 0 Å². The van der Waals surface area contributed by atoms with Crippen LogP contribution in [0.1, 0.15) is 129 Å². The van der Waals surface area contributed by atoms with Gasteiger partial charge in [0.25, 0.3) is 0 Å². The summed E-state index contributed by atoms with van der Waals surface area (Å²) in [5.41, 5.74) is 0. The Balaban J connectivity index is 0. The van der Waals surface area contributed by atoms with Gasteiger partial charge in [-0.25, -0.2) is 0 Å². The Morgan fingerprint density at radius 1 is 0.545 bits per heavy atom. The van der Waals surface area contributed by atoms with Crippen LogP contribution >= 0.6 is 12.4 Å². The summed E-state index contributed by atoms with van der Waals surface area (Å²) in [5, 5.41) is 0. The minimum absolute atomic E-state index is 0. The first-order valence-electron chi connectivity index (χ1n) is 13.9. The fraction of sp³-hybridized carbons (Fsp3) is 1.00. The van der Waals surface area contributed by atoms with Crippen molar-refractivity contribution >= 4 is 21.2 Å². The third-order valence-electron chi connectivity index (χ3n) is 7.07. The summed E-state index contributed by atoms with van der Waals surface area (Å²) in [6, 6.07) is 1.61. The van der Waals surface area contributed by atoms with Crippen LogP contribution in [0.3, 0.4) is 0 Å². The number of hydrogen-bond donors (Lipinski definition) is 0. The van der Waals surface area contributed by atoms with Gasteiger partial charge in [-0.1, -0.05) is 110 Å². The Hall–Kier alpha value is 0.347. The van der Waals surface area contributed by atoms with E-state index in [0.717, 1.165) is 12.5 Å². The van der Waals surface area contributed by atoms with Gasteiger partial charge >= 0.3 is 8.80 Å². The monoisotopic (exact) mass is 509 g/mol. The summed E-state index contributed by atoms with van der Waals surface area (Å²) in [4.78, 5) is 2.41. The van der Waals surface area contributed by atoms with Gasteiger partial charge in [0.2, 0.25) is 0 Å². The van der Waals surface area contributed by atoms with Crippen LogP contribution in [-0.2, 0) is 13.3 Å². The molecule has 0 heterocycles. The number of unbranched alkanes of at least 4 members (excludes halogenated alkanes) is 15. The molecule has 0 aromatic rings. The Morgan fingerprint density at radius 2 is 0.879 bits per heavy atom. The molecule has 0 aromatic carbocycles. The van der Waals surface area contributed by atoms with Gasteiger partial charge in [-0.05, 0) is 33.4 Å². The van der Waals surface area contributed by atoms with Crippen molar-refractivity contribution in [1.82, 2.24) is 4.90 Å². The molecule has 0 aromatic heterocycles. The second-order valence-electron chi connectivity index (χ2n) is 9.90. The standard InChI is InChI=1S/C27H59NO3Si.ClH/c1-7-8-9-10-11-12-13-14-15-16-17-18-19-20-21-24-27(28(2)3)25-22-23-26-32(29-4,30-5)31-6;/h27H,7-26H2,1-6H3;1H. The summed E-state index contributed by atoms with van der Waals surface area (Å²) in [6.45, 7) is 2.30. The lowest BCUT2D eigenvalue weighted by Gasteiger charge is -2.26. The third kappa shape index (κ3) is 20.3. The molecule has 0 aliphatic heterocycles. The molecule has 0 saturated heterocycles. The lowest BCUT2D eigenvalue weighted by Crippen LogP contribution is -2.42. The maximum Gasteiger partial charge on any atom is 0.500 e. The van der Waals surface area contributed by atoms with E-state index in [1.54, 1.807) is 21.3 Å². The highest BCUT2D eigenvalue weighted by Crippen LogP contribution is 2.21. The molecule has 0 aliphatic rings. The van der Waals surface area contributed by atoms with Crippen molar-refractivity contribution < 1.29 is 13.3 Å². The van der Waals surface area contributed by atoms with Gasteiger partial charge in [-0.2, -0.15) is 0 Å². The molecule has 0 fully saturated rings. The molecule has 4 nitrogen and oxygen atoms in total. The quantitative estimate of drug-likeness (QED) is 0.0909. The molecule has 0 radical (unpaired) electrons. The summed E-state index contributed by atoms with van der Waals surface area (Å²) in [7, 11) is 7.19. The van der Waals surface area contributed by atoms with Crippen LogP contribution in [0.25, 0.3) is 0 Å². The molecule has 0 amide bonds. The van der Waals surface area contributed by atoms with Crippen LogP contribution in [-0.4, -0.2) is 55.2 Å². The molecule has 202 valence electrons. The smallest absolute Gasteiger partial charge is 0.377 e. The van der Waals surface area contributed by atoms with Crippen LogP contribution in [0, 0.1) is 0 Å². The zero-order valence-corrected chi connectivity index (χ0v) is 25.1. The second kappa shape index (κ2) is 25.4. The average molecular weight is 510 g/mol. The maximum absolute atomic E-state index is 5.54. The lowest BCUT2D eigenvalue weighted by molar-refractivity contribution is 0.122. The van der Waals surface area contributed by atoms with Gasteiger partial charge in [0.05, 0.1) is 0 Å². The van der Waals surface area contributed by atoms with E-state index in [-0.39, 0.29) is 12.4 Å². The summed E-state index contributed by atoms with van der Waals surface area (Å²) in [6.07, 6.45) is 26.4. The molecule has 0 rings (SSSR count). The molecule has 1 atom stereocenters. The molecule has 0 saturated carbocycles. The van der Waals surface area contributed by atoms with Crippen molar-refractivity contribution in [3.63, 3.8) is 0 Å². The Morgan fingerprint density at radius 3 is 1.21 bits per heavy atom. The van der Waals surface area contributed by atoms with Crippen LogP contribution < -0.4 is 0 Å². The number of halogens is 1. The van der Waals surface area contributed by atoms with Crippen molar-refractivity contribution in [2.75, 3.05) is 35.4 Å². The summed E-state index contributed by atoms with van der Waals surface area (Å²) >= 11 is 0. The van der Waals surface area contributed by atoms with Crippen molar-refractivity contribution in [2.45, 2.75) is 141 Å². The Kier molecular flexibility index (Phi) is 27.4. The number of hydrogen-bond acceptors (Lipinski definition) is 4. The SMILES string of the molecule is CCCCCCCCCCCCCCCCCC(CCCC[Si](OC)(OC)OC)N(C)C.Cl. The first-order chi connectivity index (χ1) is 15.5. The molecular formula is C27H60ClNO3Si. The zero-order valence-electron chi connectivity index (χ0n) is 23.3. The fourth-order valence-electron chi connectivity index (χ4n) is 4.69. The largest absolute Gasteiger partial charge is 0.500 e. The molecule has 0 spiro atoms. The van der Waals surface area contributed by atoms with E-state index in [1.165, 1.54) is 116 Å². The summed E-state index contributed by atoms with van der Waals surface area (Å²) < 4.78 is 16.6. The normalized spacial score (nSPS) is 12.8. The summed E-state index contributed by atoms with van der Waals surface area (Å²) in [5.74, 6) is 0. The van der Waals surface area contributed by atoms with Crippen molar-refractivity contribution in [2.24, 2.45) is 0 Å². The van der Waals surface area contributed by atoms with E-state index in [9.17, 15) is 0 Å². The maximum atomic E-state index is 5.54. The Bertz CT molecular complexity index is 376. The van der Waals surface area contributed by atoms with Gasteiger partial charge < -0.3 is 18.2 Å². The van der Waals surface area contributed by atoms with Gasteiger partial charge in [0.15, 0.2) is 0 Å². The van der Waals surface area contributed by atoms with Crippen LogP contribution in [0.2, 0.25) is 6.04 Å². The molecule has 0 aliphatic carbocycles. The first kappa shape index (κ1) is 35.5. The highest BCUT2D eigenvalue weighted by molar-refractivity contribution is 6.60. The van der Waals surface area contributed by atoms with Crippen molar-refractivity contribution in [3.05, 3.63) is 0 Å². The first-order valence-corrected chi connectivity index (χ1v) is 15.8. The molecule has 33 heavy (non-hydrogen) atoms. The highest BCUT2D eigenvalue weighted by Gasteiger charge is 2.36. The highest BCUT2D eigenvalue weighted by atomic mass is 35.5. The van der Waals surface area contributed by atoms with E-state index in [0.29, 0.717) is 6.04 Å². The number of rotatable bonds is 25. The lowest BCUT2D eigenvalue weighted by atomic mass is 10.0. The minimum Gasteiger partial charge on any atom is -0.377 e. The molecule has 0 N–H and O–H groups in total. The van der Waals surface area contributed by atoms with E-state index < -0.39 is 8.80 Å². The Labute approximate surface area is 215 Å². The van der Waals surface area contributed by atoms with E-state index in [1.807, 2.05) is 0 Å². The number of nitrogens with zero attached hydrogens (tertiary/aromatic N) is 1. The zero-order chi connectivity index (χ0) is 23.9. The van der Waals surface area contributed by atoms with Gasteiger partial charge in [0.1, 0.15) is 0 Å². The molecule has 1 unspecified atom stereocenters. The van der Waals surface area contributed by atoms with Crippen LogP contribution in [0.5, 0.6) is 0 Å². The minimum atomic E-state index is -2.39. The van der Waals surface area contributed by atoms with Crippen molar-refractivity contribution in [1.29, 1.82) is 0 Å². The second-order valence-corrected chi connectivity index (χ2v) is 13.0. The van der Waals surface area contributed by atoms with Gasteiger partial charge in [0, 0.05) is 33.4 Å². The molecule has 6 heteroatoms. The van der Waals surface area contributed by atoms with Crippen molar-refractivity contribution in [3.8, 4) is 0 Å². The topological polar surface area (TPSA) is 30.9 Å². The molecule has 0 bridgehead atoms. The van der Waals surface area contributed by atoms with Crippen LogP contribution in [0.15, 0.2) is 0 Å².